The van der Waals surface area contributed by atoms with Crippen LogP contribution in [-0.4, -0.2) is 52.5 Å². The number of halogens is 3. The number of piperazine rings is 1. The molecule has 1 amide bonds. The zero-order chi connectivity index (χ0) is 18.0. The highest BCUT2D eigenvalue weighted by molar-refractivity contribution is 5.92. The van der Waals surface area contributed by atoms with E-state index >= 15 is 0 Å². The minimum Gasteiger partial charge on any atom is -0.335 e. The van der Waals surface area contributed by atoms with Gasteiger partial charge in [-0.2, -0.15) is 13.2 Å². The summed E-state index contributed by atoms with van der Waals surface area (Å²) in [6, 6.07) is 1.33. The van der Waals surface area contributed by atoms with Crippen LogP contribution in [0.5, 0.6) is 0 Å². The van der Waals surface area contributed by atoms with Crippen LogP contribution in [-0.2, 0) is 12.7 Å². The summed E-state index contributed by atoms with van der Waals surface area (Å²) in [5.41, 5.74) is -0.359. The first-order valence-electron chi connectivity index (χ1n) is 7.76. The van der Waals surface area contributed by atoms with Gasteiger partial charge in [-0.05, 0) is 26.8 Å². The fourth-order valence-corrected chi connectivity index (χ4v) is 2.21. The highest BCUT2D eigenvalue weighted by atomic mass is 19.4. The Balaban J connectivity index is 2.30. The maximum Gasteiger partial charge on any atom is 0.451 e. The van der Waals surface area contributed by atoms with Crippen LogP contribution in [0.4, 0.5) is 13.2 Å². The van der Waals surface area contributed by atoms with Crippen molar-refractivity contribution >= 4 is 5.91 Å². The lowest BCUT2D eigenvalue weighted by atomic mass is 10.1. The van der Waals surface area contributed by atoms with Crippen molar-refractivity contribution in [1.29, 1.82) is 0 Å². The predicted octanol–water partition coefficient (Wildman–Crippen LogP) is 1.43. The van der Waals surface area contributed by atoms with Crippen molar-refractivity contribution in [2.45, 2.75) is 39.0 Å². The summed E-state index contributed by atoms with van der Waals surface area (Å²) in [6.45, 7) is 7.92. The number of nitrogens with one attached hydrogen (secondary N) is 2. The van der Waals surface area contributed by atoms with Gasteiger partial charge < -0.3 is 15.5 Å². The van der Waals surface area contributed by atoms with Crippen molar-refractivity contribution in [2.24, 2.45) is 0 Å². The van der Waals surface area contributed by atoms with E-state index < -0.39 is 17.9 Å². The Morgan fingerprint density at radius 1 is 1.25 bits per heavy atom. The zero-order valence-electron chi connectivity index (χ0n) is 14.0. The number of amides is 1. The van der Waals surface area contributed by atoms with E-state index in [4.69, 9.17) is 0 Å². The zero-order valence-corrected chi connectivity index (χ0v) is 14.0. The van der Waals surface area contributed by atoms with Crippen molar-refractivity contribution < 1.29 is 18.0 Å². The van der Waals surface area contributed by atoms with E-state index in [1.165, 1.54) is 11.0 Å². The van der Waals surface area contributed by atoms with Crippen LogP contribution in [0.3, 0.4) is 0 Å². The Labute approximate surface area is 138 Å². The van der Waals surface area contributed by atoms with Gasteiger partial charge in [0.15, 0.2) is 0 Å². The van der Waals surface area contributed by atoms with Crippen LogP contribution in [0.2, 0.25) is 0 Å². The van der Waals surface area contributed by atoms with Gasteiger partial charge in [-0.25, -0.2) is 9.97 Å². The molecule has 24 heavy (non-hydrogen) atoms. The maximum absolute atomic E-state index is 13.0. The summed E-state index contributed by atoms with van der Waals surface area (Å²) < 4.78 is 39.1. The molecule has 1 aliphatic heterocycles. The fraction of sp³-hybridized carbons (Fsp3) is 0.667. The lowest BCUT2D eigenvalue weighted by Gasteiger charge is -2.27. The number of hydrogen-bond acceptors (Lipinski definition) is 5. The van der Waals surface area contributed by atoms with Crippen molar-refractivity contribution in [1.82, 2.24) is 25.5 Å². The molecule has 1 saturated heterocycles. The number of carbonyl (C=O) groups is 1. The third kappa shape index (κ3) is 5.13. The first kappa shape index (κ1) is 18.6. The molecule has 0 unspecified atom stereocenters. The summed E-state index contributed by atoms with van der Waals surface area (Å²) in [5, 5.41) is 6.16. The third-order valence-electron chi connectivity index (χ3n) is 3.46. The summed E-state index contributed by atoms with van der Waals surface area (Å²) in [4.78, 5) is 21.0. The number of aromatic nitrogens is 2. The lowest BCUT2D eigenvalue weighted by Crippen LogP contribution is -2.46. The smallest absolute Gasteiger partial charge is 0.335 e. The maximum atomic E-state index is 13.0. The number of carbonyl (C=O) groups excluding carboxylic acids is 1. The number of nitrogens with zero attached hydrogens (tertiary/aromatic N) is 3. The molecule has 0 bridgehead atoms. The molecule has 1 aromatic heterocycles. The molecule has 2 heterocycles. The lowest BCUT2D eigenvalue weighted by molar-refractivity contribution is -0.145. The highest BCUT2D eigenvalue weighted by Gasteiger charge is 2.36. The standard InChI is InChI=1S/C15H22F3N5O/c1-14(2,3)20-9-10-8-11(22-13(21-10)15(16,17)18)12(24)23-6-4-19-5-7-23/h8,19-20H,4-7,9H2,1-3H3. The molecule has 9 heteroatoms. The first-order chi connectivity index (χ1) is 11.1. The second-order valence-corrected chi connectivity index (χ2v) is 6.71. The monoisotopic (exact) mass is 345 g/mol. The van der Waals surface area contributed by atoms with Crippen molar-refractivity contribution in [3.63, 3.8) is 0 Å². The van der Waals surface area contributed by atoms with Crippen LogP contribution in [0.15, 0.2) is 6.07 Å². The van der Waals surface area contributed by atoms with Gasteiger partial charge in [0, 0.05) is 38.3 Å². The Bertz CT molecular complexity index is 592. The van der Waals surface area contributed by atoms with Gasteiger partial charge >= 0.3 is 6.18 Å². The minimum atomic E-state index is -4.70. The molecule has 0 aliphatic carbocycles. The first-order valence-corrected chi connectivity index (χ1v) is 7.76. The number of alkyl halides is 3. The molecule has 1 fully saturated rings. The summed E-state index contributed by atoms with van der Waals surface area (Å²) in [6.07, 6.45) is -4.70. The average molecular weight is 345 g/mol. The molecule has 0 atom stereocenters. The van der Waals surface area contributed by atoms with E-state index in [1.807, 2.05) is 20.8 Å². The van der Waals surface area contributed by atoms with Crippen molar-refractivity contribution in [3.8, 4) is 0 Å². The van der Waals surface area contributed by atoms with Gasteiger partial charge in [0.25, 0.3) is 5.91 Å². The van der Waals surface area contributed by atoms with E-state index in [-0.39, 0.29) is 23.5 Å². The molecule has 2 rings (SSSR count). The molecule has 0 saturated carbocycles. The second-order valence-electron chi connectivity index (χ2n) is 6.71. The molecule has 6 nitrogen and oxygen atoms in total. The largest absolute Gasteiger partial charge is 0.451 e. The molecule has 0 radical (unpaired) electrons. The van der Waals surface area contributed by atoms with E-state index in [0.29, 0.717) is 26.2 Å². The van der Waals surface area contributed by atoms with Crippen molar-refractivity contribution in [2.75, 3.05) is 26.2 Å². The molecule has 134 valence electrons. The van der Waals surface area contributed by atoms with E-state index in [1.54, 1.807) is 0 Å². The van der Waals surface area contributed by atoms with Crippen LogP contribution in [0, 0.1) is 0 Å². The van der Waals surface area contributed by atoms with Crippen LogP contribution < -0.4 is 10.6 Å². The van der Waals surface area contributed by atoms with E-state index in [0.717, 1.165) is 0 Å². The summed E-state index contributed by atoms with van der Waals surface area (Å²) >= 11 is 0. The molecular weight excluding hydrogens is 323 g/mol. The summed E-state index contributed by atoms with van der Waals surface area (Å²) in [5.74, 6) is -1.78. The molecular formula is C15H22F3N5O. The van der Waals surface area contributed by atoms with Crippen LogP contribution in [0.25, 0.3) is 0 Å². The van der Waals surface area contributed by atoms with Gasteiger partial charge in [-0.1, -0.05) is 0 Å². The second kappa shape index (κ2) is 7.02. The molecule has 2 N–H and O–H groups in total. The highest BCUT2D eigenvalue weighted by Crippen LogP contribution is 2.26. The fourth-order valence-electron chi connectivity index (χ4n) is 2.21. The predicted molar refractivity (Wildman–Crippen MR) is 82.4 cm³/mol. The quantitative estimate of drug-likeness (QED) is 0.867. The van der Waals surface area contributed by atoms with E-state index in [9.17, 15) is 18.0 Å². The Morgan fingerprint density at radius 2 is 1.88 bits per heavy atom. The topological polar surface area (TPSA) is 70.2 Å². The SMILES string of the molecule is CC(C)(C)NCc1cc(C(=O)N2CCNCC2)nc(C(F)(F)F)n1. The summed E-state index contributed by atoms with van der Waals surface area (Å²) in [7, 11) is 0. The van der Waals surface area contributed by atoms with Crippen LogP contribution >= 0.6 is 0 Å². The van der Waals surface area contributed by atoms with Gasteiger partial charge in [-0.15, -0.1) is 0 Å². The Kier molecular flexibility index (Phi) is 5.44. The molecule has 0 spiro atoms. The number of rotatable bonds is 3. The number of hydrogen-bond donors (Lipinski definition) is 2. The van der Waals surface area contributed by atoms with Gasteiger partial charge in [-0.3, -0.25) is 4.79 Å². The third-order valence-corrected chi connectivity index (χ3v) is 3.46. The molecule has 1 aliphatic rings. The van der Waals surface area contributed by atoms with Gasteiger partial charge in [0.05, 0.1) is 5.69 Å². The van der Waals surface area contributed by atoms with Crippen molar-refractivity contribution in [3.05, 3.63) is 23.3 Å². The van der Waals surface area contributed by atoms with Gasteiger partial charge in [0.2, 0.25) is 5.82 Å². The Morgan fingerprint density at radius 3 is 2.42 bits per heavy atom. The Hall–Kier alpha value is -1.74. The van der Waals surface area contributed by atoms with Gasteiger partial charge in [0.1, 0.15) is 5.69 Å². The minimum absolute atomic E-state index is 0.122. The normalized spacial score (nSPS) is 16.3. The van der Waals surface area contributed by atoms with Crippen LogP contribution in [0.1, 0.15) is 42.8 Å². The van der Waals surface area contributed by atoms with E-state index in [2.05, 4.69) is 20.6 Å². The molecule has 0 aromatic carbocycles. The molecule has 1 aromatic rings. The average Bonchev–Trinajstić information content (AvgIpc) is 2.51.